The highest BCUT2D eigenvalue weighted by atomic mass is 32.1. The van der Waals surface area contributed by atoms with Gasteiger partial charge in [-0.25, -0.2) is 0 Å². The van der Waals surface area contributed by atoms with Crippen molar-refractivity contribution in [3.05, 3.63) is 76.8 Å². The molecule has 1 aliphatic heterocycles. The summed E-state index contributed by atoms with van der Waals surface area (Å²) in [6.07, 6.45) is 2.05. The molecule has 1 aromatic heterocycles. The quantitative estimate of drug-likeness (QED) is 0.417. The maximum Gasteiger partial charge on any atom is 0.258 e. The van der Waals surface area contributed by atoms with Gasteiger partial charge >= 0.3 is 0 Å². The predicted molar refractivity (Wildman–Crippen MR) is 138 cm³/mol. The van der Waals surface area contributed by atoms with E-state index in [1.165, 1.54) is 11.1 Å². The first-order chi connectivity index (χ1) is 15.9. The molecule has 1 atom stereocenters. The van der Waals surface area contributed by atoms with Gasteiger partial charge in [-0.15, -0.1) is 0 Å². The Morgan fingerprint density at radius 3 is 2.39 bits per heavy atom. The van der Waals surface area contributed by atoms with E-state index in [1.54, 1.807) is 0 Å². The predicted octanol–water partition coefficient (Wildman–Crippen LogP) is 6.32. The monoisotopic (exact) mass is 460 g/mol. The summed E-state index contributed by atoms with van der Waals surface area (Å²) in [4.78, 5) is 6.97. The lowest BCUT2D eigenvalue weighted by Gasteiger charge is -2.37. The summed E-state index contributed by atoms with van der Waals surface area (Å²) in [5, 5.41) is 8.59. The van der Waals surface area contributed by atoms with Gasteiger partial charge in [-0.2, -0.15) is 4.98 Å². The molecule has 172 valence electrons. The lowest BCUT2D eigenvalue weighted by Crippen LogP contribution is -2.46. The highest BCUT2D eigenvalue weighted by Gasteiger charge is 2.34. The molecule has 0 aliphatic carbocycles. The molecule has 0 radical (unpaired) electrons. The Morgan fingerprint density at radius 2 is 1.76 bits per heavy atom. The molecule has 0 saturated heterocycles. The van der Waals surface area contributed by atoms with Crippen molar-refractivity contribution in [2.24, 2.45) is 5.92 Å². The summed E-state index contributed by atoms with van der Waals surface area (Å²) < 4.78 is 5.84. The van der Waals surface area contributed by atoms with Crippen LogP contribution in [0, 0.1) is 12.8 Å². The molecule has 0 bridgehead atoms. The Bertz CT molecular complexity index is 1150. The number of thiocarbonyl (C=S) groups is 1. The van der Waals surface area contributed by atoms with Gasteiger partial charge in [-0.05, 0) is 56.0 Å². The van der Waals surface area contributed by atoms with Crippen LogP contribution in [0.25, 0.3) is 17.0 Å². The fourth-order valence-electron chi connectivity index (χ4n) is 4.06. The Balaban J connectivity index is 1.77. The molecule has 0 amide bonds. The zero-order chi connectivity index (χ0) is 23.5. The maximum absolute atomic E-state index is 5.84. The van der Waals surface area contributed by atoms with Gasteiger partial charge in [-0.3, -0.25) is 0 Å². The molecule has 6 heteroatoms. The molecule has 2 heterocycles. The zero-order valence-corrected chi connectivity index (χ0v) is 20.9. The minimum atomic E-state index is -0.148. The summed E-state index contributed by atoms with van der Waals surface area (Å²) in [7, 11) is 0. The van der Waals surface area contributed by atoms with Gasteiger partial charge in [0.25, 0.3) is 5.89 Å². The smallest absolute Gasteiger partial charge is 0.258 e. The van der Waals surface area contributed by atoms with Crippen LogP contribution in [0.2, 0.25) is 0 Å². The minimum Gasteiger partial charge on any atom is -0.351 e. The van der Waals surface area contributed by atoms with Crippen LogP contribution in [0.4, 0.5) is 0 Å². The number of hydrogen-bond acceptors (Lipinski definition) is 4. The van der Waals surface area contributed by atoms with Crippen LogP contribution in [0.15, 0.2) is 58.8 Å². The second kappa shape index (κ2) is 9.87. The van der Waals surface area contributed by atoms with Crippen molar-refractivity contribution in [2.45, 2.75) is 53.5 Å². The topological polar surface area (TPSA) is 54.2 Å². The highest BCUT2D eigenvalue weighted by Crippen LogP contribution is 2.37. The third-order valence-electron chi connectivity index (χ3n) is 6.21. The molecule has 2 aromatic carbocycles. The summed E-state index contributed by atoms with van der Waals surface area (Å²) in [6.45, 7) is 11.6. The second-order valence-electron chi connectivity index (χ2n) is 9.10. The molecule has 0 saturated carbocycles. The molecule has 0 fully saturated rings. The maximum atomic E-state index is 5.84. The first-order valence-electron chi connectivity index (χ1n) is 11.7. The second-order valence-corrected chi connectivity index (χ2v) is 9.49. The van der Waals surface area contributed by atoms with Crippen LogP contribution in [0.5, 0.6) is 0 Å². The molecular formula is C27H32N4OS. The Morgan fingerprint density at radius 1 is 1.06 bits per heavy atom. The summed E-state index contributed by atoms with van der Waals surface area (Å²) in [5.74, 6) is 1.70. The van der Waals surface area contributed by atoms with E-state index in [1.807, 2.05) is 12.1 Å². The lowest BCUT2D eigenvalue weighted by molar-refractivity contribution is 0.390. The van der Waals surface area contributed by atoms with E-state index >= 15 is 0 Å². The molecule has 5 nitrogen and oxygen atoms in total. The van der Waals surface area contributed by atoms with E-state index in [0.29, 0.717) is 17.6 Å². The van der Waals surface area contributed by atoms with Crippen molar-refractivity contribution < 1.29 is 4.52 Å². The van der Waals surface area contributed by atoms with Gasteiger partial charge in [0.2, 0.25) is 5.82 Å². The Labute approximate surface area is 201 Å². The zero-order valence-electron chi connectivity index (χ0n) is 20.1. The molecule has 1 unspecified atom stereocenters. The van der Waals surface area contributed by atoms with E-state index in [-0.39, 0.29) is 6.04 Å². The fourth-order valence-corrected chi connectivity index (χ4v) is 4.41. The number of rotatable bonds is 7. The number of benzene rings is 2. The van der Waals surface area contributed by atoms with E-state index < -0.39 is 0 Å². The number of nitrogens with one attached hydrogen (secondary N) is 1. The number of nitrogens with zero attached hydrogens (tertiary/aromatic N) is 3. The SMILES string of the molecule is CCc1ccc(C2NC(=S)N(CCC(C)C)C(C)=C2c2nc(-c3ccc(C)cc3)no2)cc1. The van der Waals surface area contributed by atoms with Crippen molar-refractivity contribution in [3.63, 3.8) is 0 Å². The van der Waals surface area contributed by atoms with Gasteiger partial charge in [0.1, 0.15) is 0 Å². The van der Waals surface area contributed by atoms with Crippen molar-refractivity contribution >= 4 is 22.9 Å². The average molecular weight is 461 g/mol. The standard InChI is InChI=1S/C27H32N4OS/c1-6-20-9-13-21(14-10-20)24-23(19(5)31(27(33)28-24)16-15-17(2)3)26-29-25(30-32-26)22-11-7-18(4)8-12-22/h7-14,17,24H,6,15-16H2,1-5H3,(H,28,33). The van der Waals surface area contributed by atoms with E-state index in [9.17, 15) is 0 Å². The highest BCUT2D eigenvalue weighted by molar-refractivity contribution is 7.80. The van der Waals surface area contributed by atoms with Gasteiger partial charge in [0.15, 0.2) is 5.11 Å². The van der Waals surface area contributed by atoms with Crippen LogP contribution >= 0.6 is 12.2 Å². The molecule has 1 aliphatic rings. The van der Waals surface area contributed by atoms with E-state index in [2.05, 4.69) is 86.4 Å². The third-order valence-corrected chi connectivity index (χ3v) is 6.55. The molecular weight excluding hydrogens is 428 g/mol. The van der Waals surface area contributed by atoms with Crippen molar-refractivity contribution in [1.82, 2.24) is 20.4 Å². The first-order valence-corrected chi connectivity index (χ1v) is 12.1. The fraction of sp³-hybridized carbons (Fsp3) is 0.370. The molecule has 3 aromatic rings. The first kappa shape index (κ1) is 23.2. The lowest BCUT2D eigenvalue weighted by atomic mass is 9.93. The van der Waals surface area contributed by atoms with Crippen LogP contribution in [-0.2, 0) is 6.42 Å². The van der Waals surface area contributed by atoms with Crippen LogP contribution in [0.3, 0.4) is 0 Å². The van der Waals surface area contributed by atoms with Crippen LogP contribution in [0.1, 0.15) is 62.7 Å². The van der Waals surface area contributed by atoms with Crippen molar-refractivity contribution in [3.8, 4) is 11.4 Å². The molecule has 0 spiro atoms. The molecule has 4 rings (SSSR count). The van der Waals surface area contributed by atoms with Gasteiger partial charge in [0, 0.05) is 17.8 Å². The number of aromatic nitrogens is 2. The third kappa shape index (κ3) is 5.01. The van der Waals surface area contributed by atoms with Crippen molar-refractivity contribution in [2.75, 3.05) is 6.54 Å². The Hall–Kier alpha value is -2.99. The van der Waals surface area contributed by atoms with Gasteiger partial charge in [0.05, 0.1) is 11.6 Å². The summed E-state index contributed by atoms with van der Waals surface area (Å²) in [5.41, 5.74) is 6.60. The normalized spacial score (nSPS) is 16.5. The van der Waals surface area contributed by atoms with E-state index in [0.717, 1.165) is 46.9 Å². The Kier molecular flexibility index (Phi) is 6.94. The van der Waals surface area contributed by atoms with E-state index in [4.69, 9.17) is 21.7 Å². The number of aryl methyl sites for hydroxylation is 2. The van der Waals surface area contributed by atoms with Gasteiger partial charge in [-0.1, -0.05) is 80.0 Å². The summed E-state index contributed by atoms with van der Waals surface area (Å²) >= 11 is 5.79. The summed E-state index contributed by atoms with van der Waals surface area (Å²) in [6, 6.07) is 16.7. The molecule has 33 heavy (non-hydrogen) atoms. The number of allylic oxidation sites excluding steroid dienone is 1. The average Bonchev–Trinajstić information content (AvgIpc) is 3.28. The van der Waals surface area contributed by atoms with Crippen molar-refractivity contribution in [1.29, 1.82) is 0 Å². The molecule has 1 N–H and O–H groups in total. The van der Waals surface area contributed by atoms with Crippen LogP contribution < -0.4 is 5.32 Å². The number of hydrogen-bond donors (Lipinski definition) is 1. The minimum absolute atomic E-state index is 0.148. The largest absolute Gasteiger partial charge is 0.351 e. The van der Waals surface area contributed by atoms with Gasteiger partial charge < -0.3 is 14.7 Å². The van der Waals surface area contributed by atoms with Crippen LogP contribution in [-0.4, -0.2) is 26.7 Å².